The highest BCUT2D eigenvalue weighted by molar-refractivity contribution is 6.51. The molecule has 1 heterocycles. The fourth-order valence-corrected chi connectivity index (χ4v) is 4.63. The van der Waals surface area contributed by atoms with E-state index in [0.717, 1.165) is 0 Å². The van der Waals surface area contributed by atoms with E-state index in [4.69, 9.17) is 30.5 Å². The zero-order valence-electron chi connectivity index (χ0n) is 21.7. The molecule has 4 rings (SSSR count). The van der Waals surface area contributed by atoms with Gasteiger partial charge in [-0.3, -0.25) is 14.5 Å². The number of hydrogen-bond donors (Lipinski definition) is 1. The van der Waals surface area contributed by atoms with Crippen molar-refractivity contribution in [1.82, 2.24) is 0 Å². The van der Waals surface area contributed by atoms with Crippen LogP contribution in [0.25, 0.3) is 5.76 Å². The second-order valence-corrected chi connectivity index (χ2v) is 9.20. The molecule has 1 fully saturated rings. The molecule has 198 valence electrons. The number of methoxy groups -OCH3 is 3. The predicted molar refractivity (Wildman–Crippen MR) is 145 cm³/mol. The Kier molecular flexibility index (Phi) is 7.83. The number of carbonyl (C=O) groups is 2. The number of hydrogen-bond acceptors (Lipinski definition) is 7. The molecule has 3 aromatic carbocycles. The predicted octanol–water partition coefficient (Wildman–Crippen LogP) is 5.78. The van der Waals surface area contributed by atoms with Gasteiger partial charge in [0.2, 0.25) is 0 Å². The van der Waals surface area contributed by atoms with Crippen LogP contribution >= 0.6 is 11.6 Å². The van der Waals surface area contributed by atoms with Crippen LogP contribution in [-0.4, -0.2) is 44.2 Å². The molecule has 8 nitrogen and oxygen atoms in total. The minimum absolute atomic E-state index is 0.0965. The number of rotatable bonds is 8. The monoisotopic (exact) mass is 537 g/mol. The summed E-state index contributed by atoms with van der Waals surface area (Å²) in [6, 6.07) is 15.8. The Bertz CT molecular complexity index is 1420. The fourth-order valence-electron chi connectivity index (χ4n) is 4.40. The first-order valence-electron chi connectivity index (χ1n) is 11.8. The van der Waals surface area contributed by atoms with Crippen LogP contribution < -0.4 is 23.8 Å². The van der Waals surface area contributed by atoms with Crippen LogP contribution in [0.5, 0.6) is 23.0 Å². The summed E-state index contributed by atoms with van der Waals surface area (Å²) in [6.45, 7) is 3.80. The van der Waals surface area contributed by atoms with Gasteiger partial charge in [0.15, 0.2) is 0 Å². The average molecular weight is 538 g/mol. The first kappa shape index (κ1) is 26.9. The number of Topliss-reactive ketones (excluding diaryl/α,β-unsaturated/α-hetero) is 1. The molecule has 0 spiro atoms. The van der Waals surface area contributed by atoms with Crippen LogP contribution in [0.2, 0.25) is 5.02 Å². The van der Waals surface area contributed by atoms with Crippen LogP contribution in [0.15, 0.2) is 66.2 Å². The maximum atomic E-state index is 13.6. The highest BCUT2D eigenvalue weighted by Gasteiger charge is 2.47. The zero-order valence-corrected chi connectivity index (χ0v) is 22.4. The van der Waals surface area contributed by atoms with Crippen LogP contribution in [-0.2, 0) is 9.59 Å². The van der Waals surface area contributed by atoms with Gasteiger partial charge in [-0.05, 0) is 49.7 Å². The van der Waals surface area contributed by atoms with Gasteiger partial charge >= 0.3 is 0 Å². The number of ether oxygens (including phenoxy) is 4. The molecule has 0 aliphatic carbocycles. The van der Waals surface area contributed by atoms with Gasteiger partial charge in [0.05, 0.1) is 49.6 Å². The molecule has 1 unspecified atom stereocenters. The Morgan fingerprint density at radius 3 is 2.24 bits per heavy atom. The summed E-state index contributed by atoms with van der Waals surface area (Å²) in [5, 5.41) is 11.8. The number of ketones is 1. The third-order valence-electron chi connectivity index (χ3n) is 6.05. The summed E-state index contributed by atoms with van der Waals surface area (Å²) in [5.41, 5.74) is 1.01. The zero-order chi connectivity index (χ0) is 27.6. The molecule has 1 atom stereocenters. The number of benzene rings is 3. The fraction of sp³-hybridized carbons (Fsp3) is 0.241. The average Bonchev–Trinajstić information content (AvgIpc) is 3.18. The van der Waals surface area contributed by atoms with E-state index in [1.807, 2.05) is 13.8 Å². The van der Waals surface area contributed by atoms with Crippen molar-refractivity contribution in [3.8, 4) is 23.0 Å². The Morgan fingerprint density at radius 1 is 0.895 bits per heavy atom. The summed E-state index contributed by atoms with van der Waals surface area (Å²) >= 11 is 6.25. The van der Waals surface area contributed by atoms with Gasteiger partial charge in [0.25, 0.3) is 11.7 Å². The number of aliphatic hydroxyl groups is 1. The van der Waals surface area contributed by atoms with E-state index < -0.39 is 23.5 Å². The van der Waals surface area contributed by atoms with Crippen molar-refractivity contribution in [3.63, 3.8) is 0 Å². The van der Waals surface area contributed by atoms with Crippen molar-refractivity contribution in [2.24, 2.45) is 0 Å². The molecule has 3 aromatic rings. The molecule has 38 heavy (non-hydrogen) atoms. The van der Waals surface area contributed by atoms with Crippen molar-refractivity contribution in [2.75, 3.05) is 26.2 Å². The number of nitrogens with zero attached hydrogens (tertiary/aromatic N) is 1. The smallest absolute Gasteiger partial charge is 0.300 e. The van der Waals surface area contributed by atoms with Crippen LogP contribution in [0.3, 0.4) is 0 Å². The summed E-state index contributed by atoms with van der Waals surface area (Å²) in [4.78, 5) is 28.4. The van der Waals surface area contributed by atoms with Crippen LogP contribution in [0.1, 0.15) is 31.0 Å². The Balaban J connectivity index is 2.00. The Morgan fingerprint density at radius 2 is 1.58 bits per heavy atom. The maximum Gasteiger partial charge on any atom is 0.300 e. The molecular weight excluding hydrogens is 510 g/mol. The molecule has 0 bridgehead atoms. The van der Waals surface area contributed by atoms with Crippen molar-refractivity contribution < 1.29 is 33.6 Å². The van der Waals surface area contributed by atoms with E-state index in [-0.39, 0.29) is 33.8 Å². The van der Waals surface area contributed by atoms with Gasteiger partial charge in [-0.2, -0.15) is 0 Å². The summed E-state index contributed by atoms with van der Waals surface area (Å²) in [5.74, 6) is -0.567. The largest absolute Gasteiger partial charge is 0.507 e. The molecule has 0 saturated carbocycles. The lowest BCUT2D eigenvalue weighted by atomic mass is 9.94. The lowest BCUT2D eigenvalue weighted by molar-refractivity contribution is -0.132. The van der Waals surface area contributed by atoms with Crippen molar-refractivity contribution >= 4 is 34.7 Å². The molecule has 1 N–H and O–H groups in total. The van der Waals surface area contributed by atoms with Gasteiger partial charge < -0.3 is 24.1 Å². The van der Waals surface area contributed by atoms with Crippen LogP contribution in [0.4, 0.5) is 5.69 Å². The molecule has 0 aromatic heterocycles. The second-order valence-electron chi connectivity index (χ2n) is 8.80. The molecule has 1 amide bonds. The van der Waals surface area contributed by atoms with E-state index in [1.54, 1.807) is 48.5 Å². The SMILES string of the molecule is COc1cccc(N2C(=O)C(=O)/C(=C(/O)c3cc(OC)c(Cl)cc3OC)C2c2cccc(OC(C)C)c2)c1. The maximum absolute atomic E-state index is 13.6. The van der Waals surface area contributed by atoms with Gasteiger partial charge in [-0.1, -0.05) is 29.8 Å². The molecular formula is C29H28ClNO7. The number of amides is 1. The van der Waals surface area contributed by atoms with E-state index in [2.05, 4.69) is 0 Å². The molecule has 1 saturated heterocycles. The van der Waals surface area contributed by atoms with Gasteiger partial charge in [-0.25, -0.2) is 0 Å². The number of anilines is 1. The lowest BCUT2D eigenvalue weighted by Crippen LogP contribution is -2.29. The van der Waals surface area contributed by atoms with E-state index >= 15 is 0 Å². The Hall–Kier alpha value is -4.17. The standard InChI is InChI=1S/C29H28ClNO7/c1-16(2)38-20-11-6-8-17(12-20)26-25(27(32)21-14-24(37-5)22(30)15-23(21)36-4)28(33)29(34)31(26)18-9-7-10-19(13-18)35-3/h6-16,26,32H,1-5H3/b27-25+. The van der Waals surface area contributed by atoms with E-state index in [1.165, 1.54) is 38.4 Å². The van der Waals surface area contributed by atoms with Gasteiger partial charge in [0, 0.05) is 17.8 Å². The van der Waals surface area contributed by atoms with Crippen molar-refractivity contribution in [2.45, 2.75) is 26.0 Å². The van der Waals surface area contributed by atoms with Gasteiger partial charge in [0.1, 0.15) is 28.8 Å². The van der Waals surface area contributed by atoms with Crippen molar-refractivity contribution in [3.05, 3.63) is 82.4 Å². The Labute approximate surface area is 225 Å². The first-order valence-corrected chi connectivity index (χ1v) is 12.2. The lowest BCUT2D eigenvalue weighted by Gasteiger charge is -2.26. The number of halogens is 1. The number of aliphatic hydroxyl groups excluding tert-OH is 1. The molecule has 1 aliphatic rings. The third-order valence-corrected chi connectivity index (χ3v) is 6.35. The first-order chi connectivity index (χ1) is 18.2. The van der Waals surface area contributed by atoms with E-state index in [9.17, 15) is 14.7 Å². The van der Waals surface area contributed by atoms with Crippen LogP contribution in [0, 0.1) is 0 Å². The highest BCUT2D eigenvalue weighted by atomic mass is 35.5. The second kappa shape index (κ2) is 11.1. The van der Waals surface area contributed by atoms with Gasteiger partial charge in [-0.15, -0.1) is 0 Å². The minimum Gasteiger partial charge on any atom is -0.507 e. The minimum atomic E-state index is -0.982. The topological polar surface area (TPSA) is 94.5 Å². The summed E-state index contributed by atoms with van der Waals surface area (Å²) < 4.78 is 22.0. The normalized spacial score (nSPS) is 16.6. The molecule has 0 radical (unpaired) electrons. The third kappa shape index (κ3) is 4.99. The quantitative estimate of drug-likeness (QED) is 0.221. The van der Waals surface area contributed by atoms with E-state index in [0.29, 0.717) is 22.7 Å². The molecule has 9 heteroatoms. The van der Waals surface area contributed by atoms with Crippen molar-refractivity contribution in [1.29, 1.82) is 0 Å². The summed E-state index contributed by atoms with van der Waals surface area (Å²) in [7, 11) is 4.35. The summed E-state index contributed by atoms with van der Waals surface area (Å²) in [6.07, 6.45) is -0.0965. The molecule has 1 aliphatic heterocycles. The highest BCUT2D eigenvalue weighted by Crippen LogP contribution is 2.45. The number of carbonyl (C=O) groups excluding carboxylic acids is 2.